The lowest BCUT2D eigenvalue weighted by Gasteiger charge is -2.11. The highest BCUT2D eigenvalue weighted by Crippen LogP contribution is 2.23. The quantitative estimate of drug-likeness (QED) is 0.487. The normalized spacial score (nSPS) is 18.9. The minimum Gasteiger partial charge on any atom is -0.508 e. The lowest BCUT2D eigenvalue weighted by atomic mass is 10.0. The van der Waals surface area contributed by atoms with Gasteiger partial charge in [0.05, 0.1) is 0 Å². The van der Waals surface area contributed by atoms with Gasteiger partial charge in [-0.2, -0.15) is 0 Å². The fourth-order valence-corrected chi connectivity index (χ4v) is 2.84. The van der Waals surface area contributed by atoms with Crippen LogP contribution in [0.5, 0.6) is 5.75 Å². The van der Waals surface area contributed by atoms with E-state index in [1.54, 1.807) is 24.3 Å². The average Bonchev–Trinajstić information content (AvgIpc) is 3.16. The van der Waals surface area contributed by atoms with Crippen molar-refractivity contribution in [1.82, 2.24) is 21.5 Å². The molecule has 0 aromatic heterocycles. The third kappa shape index (κ3) is 5.02. The molecule has 27 heavy (non-hydrogen) atoms. The number of hydrogen-bond acceptors (Lipinski definition) is 5. The van der Waals surface area contributed by atoms with Crippen molar-refractivity contribution in [2.24, 2.45) is 0 Å². The maximum Gasteiger partial charge on any atom is 0.251 e. The van der Waals surface area contributed by atoms with Gasteiger partial charge < -0.3 is 15.7 Å². The first-order chi connectivity index (χ1) is 13.0. The maximum atomic E-state index is 12.8. The van der Waals surface area contributed by atoms with Crippen LogP contribution in [0, 0.1) is 5.82 Å². The van der Waals surface area contributed by atoms with Crippen LogP contribution < -0.4 is 21.5 Å². The first kappa shape index (κ1) is 18.8. The zero-order valence-corrected chi connectivity index (χ0v) is 14.5. The number of hydrogen-bond donors (Lipinski definition) is 5. The standard InChI is InChI=1S/C19H21FN4O3/c20-14-5-1-13(2-6-14)18(26)21-9-10-22-19(27)17-11-16(23-24-17)12-3-7-15(25)8-4-12/h1-8,16-17,23-25H,9-11H2,(H,21,26)(H,22,27). The summed E-state index contributed by atoms with van der Waals surface area (Å²) >= 11 is 0. The Morgan fingerprint density at radius 1 is 1.00 bits per heavy atom. The van der Waals surface area contributed by atoms with Crippen LogP contribution >= 0.6 is 0 Å². The molecule has 0 aliphatic carbocycles. The summed E-state index contributed by atoms with van der Waals surface area (Å²) in [7, 11) is 0. The Bertz CT molecular complexity index is 796. The summed E-state index contributed by atoms with van der Waals surface area (Å²) in [6.45, 7) is 0.553. The lowest BCUT2D eigenvalue weighted by Crippen LogP contribution is -2.45. The molecule has 2 amide bonds. The van der Waals surface area contributed by atoms with Gasteiger partial charge in [0.15, 0.2) is 0 Å². The number of hydrazine groups is 1. The van der Waals surface area contributed by atoms with Gasteiger partial charge in [-0.25, -0.2) is 15.2 Å². The van der Waals surface area contributed by atoms with E-state index in [0.29, 0.717) is 12.0 Å². The Hall–Kier alpha value is -2.97. The molecule has 3 rings (SSSR count). The summed E-state index contributed by atoms with van der Waals surface area (Å²) in [4.78, 5) is 24.1. The largest absolute Gasteiger partial charge is 0.508 e. The van der Waals surface area contributed by atoms with Crippen LogP contribution in [0.3, 0.4) is 0 Å². The molecule has 1 fully saturated rings. The smallest absolute Gasteiger partial charge is 0.251 e. The second kappa shape index (κ2) is 8.61. The van der Waals surface area contributed by atoms with Crippen molar-refractivity contribution < 1.29 is 19.1 Å². The molecule has 142 valence electrons. The molecule has 0 radical (unpaired) electrons. The van der Waals surface area contributed by atoms with Crippen molar-refractivity contribution in [3.63, 3.8) is 0 Å². The third-order valence-corrected chi connectivity index (χ3v) is 4.33. The van der Waals surface area contributed by atoms with Gasteiger partial charge in [0.2, 0.25) is 5.91 Å². The number of carbonyl (C=O) groups is 2. The fraction of sp³-hybridized carbons (Fsp3) is 0.263. The van der Waals surface area contributed by atoms with Crippen LogP contribution in [0.2, 0.25) is 0 Å². The SMILES string of the molecule is O=C(NCCNC(=O)C1CC(c2ccc(O)cc2)NN1)c1ccc(F)cc1. The molecule has 2 unspecified atom stereocenters. The van der Waals surface area contributed by atoms with E-state index in [-0.39, 0.29) is 36.7 Å². The van der Waals surface area contributed by atoms with Gasteiger partial charge in [-0.3, -0.25) is 9.59 Å². The molecule has 5 N–H and O–H groups in total. The molecule has 1 saturated heterocycles. The van der Waals surface area contributed by atoms with Crippen LogP contribution in [0.15, 0.2) is 48.5 Å². The van der Waals surface area contributed by atoms with E-state index >= 15 is 0 Å². The number of phenols is 1. The van der Waals surface area contributed by atoms with Crippen molar-refractivity contribution in [2.75, 3.05) is 13.1 Å². The van der Waals surface area contributed by atoms with E-state index < -0.39 is 11.9 Å². The van der Waals surface area contributed by atoms with Gasteiger partial charge in [0, 0.05) is 24.7 Å². The highest BCUT2D eigenvalue weighted by molar-refractivity contribution is 5.94. The van der Waals surface area contributed by atoms with E-state index in [0.717, 1.165) is 5.56 Å². The third-order valence-electron chi connectivity index (χ3n) is 4.33. The van der Waals surface area contributed by atoms with E-state index in [2.05, 4.69) is 21.5 Å². The number of amides is 2. The summed E-state index contributed by atoms with van der Waals surface area (Å²) in [5, 5.41) is 14.8. The van der Waals surface area contributed by atoms with Crippen LogP contribution in [-0.2, 0) is 4.79 Å². The molecule has 8 heteroatoms. The molecule has 2 aromatic carbocycles. The molecule has 2 atom stereocenters. The van der Waals surface area contributed by atoms with E-state index in [4.69, 9.17) is 0 Å². The van der Waals surface area contributed by atoms with Gasteiger partial charge in [-0.05, 0) is 48.4 Å². The molecule has 0 bridgehead atoms. The summed E-state index contributed by atoms with van der Waals surface area (Å²) in [6.07, 6.45) is 0.568. The molecule has 1 aliphatic rings. The second-order valence-electron chi connectivity index (χ2n) is 6.27. The van der Waals surface area contributed by atoms with Gasteiger partial charge in [0.1, 0.15) is 17.6 Å². The molecule has 1 heterocycles. The first-order valence-corrected chi connectivity index (χ1v) is 8.64. The number of halogens is 1. The minimum atomic E-state index is -0.401. The number of benzene rings is 2. The van der Waals surface area contributed by atoms with Crippen LogP contribution in [0.1, 0.15) is 28.4 Å². The Balaban J connectivity index is 1.39. The Kier molecular flexibility index (Phi) is 6.00. The number of carbonyl (C=O) groups excluding carboxylic acids is 2. The predicted octanol–water partition coefficient (Wildman–Crippen LogP) is 0.985. The van der Waals surface area contributed by atoms with Crippen molar-refractivity contribution in [3.8, 4) is 5.75 Å². The molecule has 1 aliphatic heterocycles. The number of nitrogens with one attached hydrogen (secondary N) is 4. The molecule has 7 nitrogen and oxygen atoms in total. The van der Waals surface area contributed by atoms with Crippen LogP contribution in [0.25, 0.3) is 0 Å². The Morgan fingerprint density at radius 2 is 1.67 bits per heavy atom. The molecule has 0 spiro atoms. The van der Waals surface area contributed by atoms with Crippen LogP contribution in [-0.4, -0.2) is 36.1 Å². The predicted molar refractivity (Wildman–Crippen MR) is 97.3 cm³/mol. The van der Waals surface area contributed by atoms with Crippen molar-refractivity contribution in [3.05, 3.63) is 65.5 Å². The summed E-state index contributed by atoms with van der Waals surface area (Å²) < 4.78 is 12.8. The molecule has 2 aromatic rings. The summed E-state index contributed by atoms with van der Waals surface area (Å²) in [5.74, 6) is -0.694. The number of aromatic hydroxyl groups is 1. The molecular weight excluding hydrogens is 351 g/mol. The molecular formula is C19H21FN4O3. The van der Waals surface area contributed by atoms with Gasteiger partial charge in [0.25, 0.3) is 5.91 Å². The van der Waals surface area contributed by atoms with Gasteiger partial charge in [-0.1, -0.05) is 12.1 Å². The van der Waals surface area contributed by atoms with E-state index in [1.807, 2.05) is 0 Å². The highest BCUT2D eigenvalue weighted by Gasteiger charge is 2.29. The summed E-state index contributed by atoms with van der Waals surface area (Å²) in [6, 6.07) is 11.7. The number of rotatable bonds is 6. The average molecular weight is 372 g/mol. The minimum absolute atomic E-state index is 0.0282. The van der Waals surface area contributed by atoms with Crippen molar-refractivity contribution in [1.29, 1.82) is 0 Å². The second-order valence-corrected chi connectivity index (χ2v) is 6.27. The topological polar surface area (TPSA) is 102 Å². The first-order valence-electron chi connectivity index (χ1n) is 8.64. The summed E-state index contributed by atoms with van der Waals surface area (Å²) in [5.41, 5.74) is 7.35. The molecule has 0 saturated carbocycles. The van der Waals surface area contributed by atoms with E-state index in [1.165, 1.54) is 24.3 Å². The van der Waals surface area contributed by atoms with Gasteiger partial charge >= 0.3 is 0 Å². The van der Waals surface area contributed by atoms with E-state index in [9.17, 15) is 19.1 Å². The Morgan fingerprint density at radius 3 is 2.37 bits per heavy atom. The van der Waals surface area contributed by atoms with Crippen molar-refractivity contribution in [2.45, 2.75) is 18.5 Å². The monoisotopic (exact) mass is 372 g/mol. The van der Waals surface area contributed by atoms with Gasteiger partial charge in [-0.15, -0.1) is 0 Å². The number of phenolic OH excluding ortho intramolecular Hbond substituents is 1. The Labute approximate surface area is 155 Å². The maximum absolute atomic E-state index is 12.8. The highest BCUT2D eigenvalue weighted by atomic mass is 19.1. The fourth-order valence-electron chi connectivity index (χ4n) is 2.84. The lowest BCUT2D eigenvalue weighted by molar-refractivity contribution is -0.122. The zero-order chi connectivity index (χ0) is 19.2. The zero-order valence-electron chi connectivity index (χ0n) is 14.5. The van der Waals surface area contributed by atoms with Crippen LogP contribution in [0.4, 0.5) is 4.39 Å². The van der Waals surface area contributed by atoms with Crippen molar-refractivity contribution >= 4 is 11.8 Å².